The molecule has 1 aliphatic rings. The van der Waals surface area contributed by atoms with Crippen LogP contribution in [0.15, 0.2) is 78.0 Å². The molecule has 0 amide bonds. The molecule has 0 unspecified atom stereocenters. The molecule has 1 aliphatic heterocycles. The van der Waals surface area contributed by atoms with Gasteiger partial charge in [0, 0.05) is 49.2 Å². The highest BCUT2D eigenvalue weighted by atomic mass is 16.1. The summed E-state index contributed by atoms with van der Waals surface area (Å²) in [6.45, 7) is 2.95. The van der Waals surface area contributed by atoms with Crippen LogP contribution in [0.25, 0.3) is 11.0 Å². The second kappa shape index (κ2) is 7.60. The Kier molecular flexibility index (Phi) is 4.66. The van der Waals surface area contributed by atoms with Gasteiger partial charge < -0.3 is 0 Å². The Labute approximate surface area is 169 Å². The minimum absolute atomic E-state index is 0.0782. The van der Waals surface area contributed by atoms with Gasteiger partial charge in [0.15, 0.2) is 0 Å². The Bertz CT molecular complexity index is 1200. The third-order valence-electron chi connectivity index (χ3n) is 5.63. The lowest BCUT2D eigenvalue weighted by atomic mass is 9.97. The number of hydrogen-bond acceptors (Lipinski definition) is 4. The number of nitrogens with zero attached hydrogens (tertiary/aromatic N) is 4. The van der Waals surface area contributed by atoms with Crippen LogP contribution in [0.3, 0.4) is 0 Å². The molecule has 5 heteroatoms. The SMILES string of the molecule is O=c1c2c(c3cccnc3n1Cc1ccccc1)CCN(Cc1ccncc1)C2. The first-order valence-electron chi connectivity index (χ1n) is 9.94. The van der Waals surface area contributed by atoms with Crippen molar-refractivity contribution in [3.05, 3.63) is 106 Å². The average Bonchev–Trinajstić information content (AvgIpc) is 2.78. The van der Waals surface area contributed by atoms with E-state index in [9.17, 15) is 4.79 Å². The minimum atomic E-state index is 0.0782. The summed E-state index contributed by atoms with van der Waals surface area (Å²) in [5.74, 6) is 0. The van der Waals surface area contributed by atoms with E-state index >= 15 is 0 Å². The number of aromatic nitrogens is 3. The van der Waals surface area contributed by atoms with Crippen LogP contribution in [-0.4, -0.2) is 26.0 Å². The Morgan fingerprint density at radius 2 is 1.62 bits per heavy atom. The molecule has 4 aromatic rings. The molecule has 0 bridgehead atoms. The van der Waals surface area contributed by atoms with E-state index in [-0.39, 0.29) is 5.56 Å². The van der Waals surface area contributed by atoms with Crippen molar-refractivity contribution >= 4 is 11.0 Å². The predicted octanol–water partition coefficient (Wildman–Crippen LogP) is 3.40. The smallest absolute Gasteiger partial charge is 0.257 e. The number of benzene rings is 1. The fourth-order valence-corrected chi connectivity index (χ4v) is 4.21. The normalized spacial score (nSPS) is 14.1. The quantitative estimate of drug-likeness (QED) is 0.543. The standard InChI is InChI=1S/C24H22N4O/c29-24-22-17-27(15-19-8-12-25-13-9-19)14-10-20(22)21-7-4-11-26-23(21)28(24)16-18-5-2-1-3-6-18/h1-9,11-13H,10,14-17H2. The van der Waals surface area contributed by atoms with Crippen molar-refractivity contribution in [2.24, 2.45) is 0 Å². The molecule has 0 aliphatic carbocycles. The topological polar surface area (TPSA) is 51.0 Å². The fraction of sp³-hybridized carbons (Fsp3) is 0.208. The van der Waals surface area contributed by atoms with Gasteiger partial charge in [-0.2, -0.15) is 0 Å². The van der Waals surface area contributed by atoms with Gasteiger partial charge in [-0.15, -0.1) is 0 Å². The van der Waals surface area contributed by atoms with Crippen LogP contribution >= 0.6 is 0 Å². The lowest BCUT2D eigenvalue weighted by molar-refractivity contribution is 0.244. The van der Waals surface area contributed by atoms with Crippen molar-refractivity contribution in [2.45, 2.75) is 26.1 Å². The molecule has 1 aromatic carbocycles. The highest BCUT2D eigenvalue weighted by Crippen LogP contribution is 2.25. The Morgan fingerprint density at radius 1 is 0.828 bits per heavy atom. The van der Waals surface area contributed by atoms with Crippen molar-refractivity contribution in [3.8, 4) is 0 Å². The molecular weight excluding hydrogens is 360 g/mol. The summed E-state index contributed by atoms with van der Waals surface area (Å²) in [6.07, 6.45) is 6.27. The number of hydrogen-bond donors (Lipinski definition) is 0. The lowest BCUT2D eigenvalue weighted by Crippen LogP contribution is -2.37. The maximum Gasteiger partial charge on any atom is 0.257 e. The molecule has 0 radical (unpaired) electrons. The second-order valence-electron chi connectivity index (χ2n) is 7.52. The van der Waals surface area contributed by atoms with Crippen molar-refractivity contribution in [3.63, 3.8) is 0 Å². The first-order valence-corrected chi connectivity index (χ1v) is 9.94. The third kappa shape index (κ3) is 3.45. The van der Waals surface area contributed by atoms with Crippen molar-refractivity contribution in [1.82, 2.24) is 19.4 Å². The summed E-state index contributed by atoms with van der Waals surface area (Å²) in [6, 6.07) is 18.2. The first-order chi connectivity index (χ1) is 14.3. The van der Waals surface area contributed by atoms with Crippen molar-refractivity contribution in [1.29, 1.82) is 0 Å². The highest BCUT2D eigenvalue weighted by Gasteiger charge is 2.24. The largest absolute Gasteiger partial charge is 0.294 e. The van der Waals surface area contributed by atoms with Crippen LogP contribution < -0.4 is 5.56 Å². The molecule has 0 fully saturated rings. The van der Waals surface area contributed by atoms with Gasteiger partial charge >= 0.3 is 0 Å². The molecule has 0 saturated carbocycles. The van der Waals surface area contributed by atoms with Crippen LogP contribution in [0.5, 0.6) is 0 Å². The molecular formula is C24H22N4O. The lowest BCUT2D eigenvalue weighted by Gasteiger charge is -2.29. The maximum absolute atomic E-state index is 13.5. The highest BCUT2D eigenvalue weighted by molar-refractivity contribution is 5.80. The van der Waals surface area contributed by atoms with E-state index in [1.165, 1.54) is 5.56 Å². The van der Waals surface area contributed by atoms with E-state index in [2.05, 4.69) is 33.1 Å². The van der Waals surface area contributed by atoms with Gasteiger partial charge in [-0.1, -0.05) is 30.3 Å². The molecule has 0 N–H and O–H groups in total. The zero-order valence-corrected chi connectivity index (χ0v) is 16.2. The monoisotopic (exact) mass is 382 g/mol. The zero-order chi connectivity index (χ0) is 19.6. The molecule has 144 valence electrons. The fourth-order valence-electron chi connectivity index (χ4n) is 4.21. The van der Waals surface area contributed by atoms with Gasteiger partial charge in [-0.3, -0.25) is 19.2 Å². The van der Waals surface area contributed by atoms with Crippen LogP contribution in [-0.2, 0) is 26.1 Å². The van der Waals surface area contributed by atoms with Crippen LogP contribution in [0, 0.1) is 0 Å². The second-order valence-corrected chi connectivity index (χ2v) is 7.52. The number of rotatable bonds is 4. The van der Waals surface area contributed by atoms with Crippen molar-refractivity contribution < 1.29 is 0 Å². The molecule has 0 atom stereocenters. The molecule has 4 heterocycles. The minimum Gasteiger partial charge on any atom is -0.294 e. The van der Waals surface area contributed by atoms with Crippen LogP contribution in [0.4, 0.5) is 0 Å². The summed E-state index contributed by atoms with van der Waals surface area (Å²) in [7, 11) is 0. The molecule has 29 heavy (non-hydrogen) atoms. The van der Waals surface area contributed by atoms with E-state index in [1.807, 2.05) is 53.4 Å². The Hall–Kier alpha value is -3.31. The van der Waals surface area contributed by atoms with Gasteiger partial charge in [0.2, 0.25) is 0 Å². The van der Waals surface area contributed by atoms with Gasteiger partial charge in [0.1, 0.15) is 5.65 Å². The molecule has 5 nitrogen and oxygen atoms in total. The molecule has 0 saturated heterocycles. The molecule has 3 aromatic heterocycles. The number of pyridine rings is 3. The van der Waals surface area contributed by atoms with E-state index < -0.39 is 0 Å². The average molecular weight is 382 g/mol. The Morgan fingerprint density at radius 3 is 2.45 bits per heavy atom. The van der Waals surface area contributed by atoms with Crippen molar-refractivity contribution in [2.75, 3.05) is 6.54 Å². The van der Waals surface area contributed by atoms with Gasteiger partial charge in [0.05, 0.1) is 6.54 Å². The van der Waals surface area contributed by atoms with Crippen LogP contribution in [0.1, 0.15) is 22.3 Å². The molecule has 0 spiro atoms. The Balaban J connectivity index is 1.57. The predicted molar refractivity (Wildman–Crippen MR) is 114 cm³/mol. The van der Waals surface area contributed by atoms with E-state index in [0.717, 1.165) is 47.2 Å². The first kappa shape index (κ1) is 17.8. The summed E-state index contributed by atoms with van der Waals surface area (Å²) >= 11 is 0. The maximum atomic E-state index is 13.5. The van der Waals surface area contributed by atoms with Gasteiger partial charge in [-0.05, 0) is 47.4 Å². The molecule has 5 rings (SSSR count). The summed E-state index contributed by atoms with van der Waals surface area (Å²) in [5.41, 5.74) is 5.24. The zero-order valence-electron chi connectivity index (χ0n) is 16.2. The van der Waals surface area contributed by atoms with E-state index in [0.29, 0.717) is 13.1 Å². The summed E-state index contributed by atoms with van der Waals surface area (Å²) in [4.78, 5) is 24.5. The third-order valence-corrected chi connectivity index (χ3v) is 5.63. The van der Waals surface area contributed by atoms with E-state index in [1.54, 1.807) is 6.20 Å². The van der Waals surface area contributed by atoms with E-state index in [4.69, 9.17) is 0 Å². The van der Waals surface area contributed by atoms with Gasteiger partial charge in [0.25, 0.3) is 5.56 Å². The van der Waals surface area contributed by atoms with Crippen LogP contribution in [0.2, 0.25) is 0 Å². The number of fused-ring (bicyclic) bond motifs is 3. The van der Waals surface area contributed by atoms with Gasteiger partial charge in [-0.25, -0.2) is 4.98 Å². The summed E-state index contributed by atoms with van der Waals surface area (Å²) in [5, 5.41) is 1.10. The summed E-state index contributed by atoms with van der Waals surface area (Å²) < 4.78 is 1.83.